The molecule has 0 aliphatic rings. The average Bonchev–Trinajstić information content (AvgIpc) is 2.84. The number of nitrogens with zero attached hydrogens (tertiary/aromatic N) is 2. The molecule has 0 atom stereocenters. The Labute approximate surface area is 124 Å². The van der Waals surface area contributed by atoms with E-state index in [-0.39, 0.29) is 28.6 Å². The number of H-pyrrole nitrogens is 1. The summed E-state index contributed by atoms with van der Waals surface area (Å²) in [4.78, 5) is 12.0. The molecule has 0 unspecified atom stereocenters. The highest BCUT2D eigenvalue weighted by Gasteiger charge is 2.19. The smallest absolute Gasteiger partial charge is 0.348 e. The van der Waals surface area contributed by atoms with Gasteiger partial charge in [-0.05, 0) is 30.7 Å². The molecule has 0 spiro atoms. The third kappa shape index (κ3) is 2.12. The van der Waals surface area contributed by atoms with E-state index in [0.29, 0.717) is 5.56 Å². The molecule has 0 aliphatic heterocycles. The van der Waals surface area contributed by atoms with Gasteiger partial charge in [-0.1, -0.05) is 12.1 Å². The van der Waals surface area contributed by atoms with E-state index in [4.69, 9.17) is 0 Å². The van der Waals surface area contributed by atoms with Crippen molar-refractivity contribution >= 4 is 0 Å². The number of halogens is 1. The van der Waals surface area contributed by atoms with Crippen molar-refractivity contribution in [2.45, 2.75) is 6.92 Å². The predicted octanol–water partition coefficient (Wildman–Crippen LogP) is 2.09. The van der Waals surface area contributed by atoms with E-state index in [0.717, 1.165) is 10.6 Å². The third-order valence-corrected chi connectivity index (χ3v) is 3.31. The van der Waals surface area contributed by atoms with Crippen LogP contribution in [-0.2, 0) is 0 Å². The zero-order chi connectivity index (χ0) is 15.9. The fraction of sp³-hybridized carbons (Fsp3) is 0.0667. The van der Waals surface area contributed by atoms with Crippen molar-refractivity contribution in [3.05, 3.63) is 58.3 Å². The number of aryl methyl sites for hydroxylation is 1. The molecular formula is C15H12FN3O3. The Bertz CT molecular complexity index is 915. The van der Waals surface area contributed by atoms with Crippen LogP contribution < -0.4 is 5.69 Å². The van der Waals surface area contributed by atoms with Crippen LogP contribution in [0, 0.1) is 12.7 Å². The van der Waals surface area contributed by atoms with Gasteiger partial charge in [-0.2, -0.15) is 5.10 Å². The Morgan fingerprint density at radius 1 is 1.23 bits per heavy atom. The van der Waals surface area contributed by atoms with Crippen molar-refractivity contribution in [1.29, 1.82) is 0 Å². The standard InChI is InChI=1S/C15H12FN3O3/c1-8-3-2-4-11(13(8)16)19-14(17-18-15(19)22)10-6-5-9(20)7-12(10)21/h2-7,20-21H,1H3,(H,18,22). The second kappa shape index (κ2) is 5.03. The Morgan fingerprint density at radius 3 is 2.73 bits per heavy atom. The van der Waals surface area contributed by atoms with Crippen LogP contribution in [0.15, 0.2) is 41.2 Å². The topological polar surface area (TPSA) is 91.1 Å². The van der Waals surface area contributed by atoms with Crippen molar-refractivity contribution in [2.75, 3.05) is 0 Å². The van der Waals surface area contributed by atoms with E-state index in [1.165, 1.54) is 18.2 Å². The SMILES string of the molecule is Cc1cccc(-n2c(-c3ccc(O)cc3O)n[nH]c2=O)c1F. The molecule has 0 aliphatic carbocycles. The van der Waals surface area contributed by atoms with Crippen LogP contribution in [0.4, 0.5) is 4.39 Å². The minimum Gasteiger partial charge on any atom is -0.508 e. The number of aromatic amines is 1. The molecule has 0 bridgehead atoms. The monoisotopic (exact) mass is 301 g/mol. The minimum absolute atomic E-state index is 0.0289. The summed E-state index contributed by atoms with van der Waals surface area (Å²) < 4.78 is 15.3. The molecule has 0 saturated heterocycles. The molecule has 0 saturated carbocycles. The van der Waals surface area contributed by atoms with Crippen molar-refractivity contribution in [3.8, 4) is 28.6 Å². The van der Waals surface area contributed by atoms with Gasteiger partial charge < -0.3 is 10.2 Å². The van der Waals surface area contributed by atoms with E-state index in [1.807, 2.05) is 0 Å². The normalized spacial score (nSPS) is 10.8. The number of phenolic OH excluding ortho intramolecular Hbond substituents is 2. The second-order valence-corrected chi connectivity index (χ2v) is 4.80. The summed E-state index contributed by atoms with van der Waals surface area (Å²) >= 11 is 0. The van der Waals surface area contributed by atoms with Crippen molar-refractivity contribution in [1.82, 2.24) is 14.8 Å². The number of aromatic hydroxyl groups is 2. The molecule has 3 N–H and O–H groups in total. The van der Waals surface area contributed by atoms with Gasteiger partial charge in [0.05, 0.1) is 11.3 Å². The first-order valence-corrected chi connectivity index (χ1v) is 6.44. The molecule has 0 fully saturated rings. The van der Waals surface area contributed by atoms with E-state index < -0.39 is 11.5 Å². The maximum absolute atomic E-state index is 14.3. The molecule has 7 heteroatoms. The molecule has 2 aromatic carbocycles. The first-order valence-electron chi connectivity index (χ1n) is 6.44. The molecule has 3 rings (SSSR count). The summed E-state index contributed by atoms with van der Waals surface area (Å²) in [6.45, 7) is 1.58. The minimum atomic E-state index is -0.632. The zero-order valence-corrected chi connectivity index (χ0v) is 11.5. The molecule has 112 valence electrons. The maximum Gasteiger partial charge on any atom is 0.348 e. The lowest BCUT2D eigenvalue weighted by Crippen LogP contribution is -2.17. The number of phenols is 2. The van der Waals surface area contributed by atoms with Gasteiger partial charge in [-0.25, -0.2) is 18.9 Å². The van der Waals surface area contributed by atoms with Gasteiger partial charge in [-0.3, -0.25) is 0 Å². The molecule has 3 aromatic rings. The van der Waals surface area contributed by atoms with Crippen LogP contribution in [0.2, 0.25) is 0 Å². The van der Waals surface area contributed by atoms with Gasteiger partial charge in [0, 0.05) is 6.07 Å². The molecule has 1 aromatic heterocycles. The van der Waals surface area contributed by atoms with Gasteiger partial charge in [0.15, 0.2) is 5.82 Å². The fourth-order valence-corrected chi connectivity index (χ4v) is 2.21. The second-order valence-electron chi connectivity index (χ2n) is 4.80. The summed E-state index contributed by atoms with van der Waals surface area (Å²) in [5.41, 5.74) is -0.0308. The van der Waals surface area contributed by atoms with Crippen LogP contribution in [0.5, 0.6) is 11.5 Å². The van der Waals surface area contributed by atoms with E-state index >= 15 is 0 Å². The molecule has 22 heavy (non-hydrogen) atoms. The summed E-state index contributed by atoms with van der Waals surface area (Å²) in [5, 5.41) is 25.3. The highest BCUT2D eigenvalue weighted by molar-refractivity contribution is 5.67. The van der Waals surface area contributed by atoms with Crippen molar-refractivity contribution in [2.24, 2.45) is 0 Å². The van der Waals surface area contributed by atoms with Gasteiger partial charge in [-0.15, -0.1) is 0 Å². The Hall–Kier alpha value is -3.09. The first-order chi connectivity index (χ1) is 10.5. The van der Waals surface area contributed by atoms with Crippen LogP contribution in [0.25, 0.3) is 17.1 Å². The van der Waals surface area contributed by atoms with E-state index in [9.17, 15) is 19.4 Å². The summed E-state index contributed by atoms with van der Waals surface area (Å²) in [5.74, 6) is -0.904. The van der Waals surface area contributed by atoms with E-state index in [2.05, 4.69) is 10.2 Å². The van der Waals surface area contributed by atoms with Gasteiger partial charge in [0.2, 0.25) is 0 Å². The third-order valence-electron chi connectivity index (χ3n) is 3.31. The largest absolute Gasteiger partial charge is 0.508 e. The summed E-state index contributed by atoms with van der Waals surface area (Å²) in [6.07, 6.45) is 0. The highest BCUT2D eigenvalue weighted by Crippen LogP contribution is 2.31. The molecular weight excluding hydrogens is 289 g/mol. The summed E-state index contributed by atoms with van der Waals surface area (Å²) in [7, 11) is 0. The molecule has 6 nitrogen and oxygen atoms in total. The van der Waals surface area contributed by atoms with Crippen LogP contribution in [0.1, 0.15) is 5.56 Å². The van der Waals surface area contributed by atoms with Crippen molar-refractivity contribution < 1.29 is 14.6 Å². The van der Waals surface area contributed by atoms with E-state index in [1.54, 1.807) is 19.1 Å². The fourth-order valence-electron chi connectivity index (χ4n) is 2.21. The predicted molar refractivity (Wildman–Crippen MR) is 77.6 cm³/mol. The number of rotatable bonds is 2. The van der Waals surface area contributed by atoms with Crippen LogP contribution in [0.3, 0.4) is 0 Å². The lowest BCUT2D eigenvalue weighted by Gasteiger charge is -2.09. The lowest BCUT2D eigenvalue weighted by atomic mass is 10.1. The first kappa shape index (κ1) is 13.9. The lowest BCUT2D eigenvalue weighted by molar-refractivity contribution is 0.451. The zero-order valence-electron chi connectivity index (χ0n) is 11.5. The van der Waals surface area contributed by atoms with Gasteiger partial charge in [0.1, 0.15) is 17.3 Å². The molecule has 0 radical (unpaired) electrons. The number of hydrogen-bond acceptors (Lipinski definition) is 4. The van der Waals surface area contributed by atoms with Crippen molar-refractivity contribution in [3.63, 3.8) is 0 Å². The van der Waals surface area contributed by atoms with Gasteiger partial charge >= 0.3 is 5.69 Å². The van der Waals surface area contributed by atoms with Crippen LogP contribution in [-0.4, -0.2) is 25.0 Å². The Balaban J connectivity index is 2.29. The average molecular weight is 301 g/mol. The number of nitrogens with one attached hydrogen (secondary N) is 1. The van der Waals surface area contributed by atoms with Gasteiger partial charge in [0.25, 0.3) is 0 Å². The number of aromatic nitrogens is 3. The molecule has 1 heterocycles. The highest BCUT2D eigenvalue weighted by atomic mass is 19.1. The quantitative estimate of drug-likeness (QED) is 0.676. The maximum atomic E-state index is 14.3. The summed E-state index contributed by atoms with van der Waals surface area (Å²) in [6, 6.07) is 8.50. The number of hydrogen-bond donors (Lipinski definition) is 3. The molecule has 0 amide bonds. The number of benzene rings is 2. The van der Waals surface area contributed by atoms with Crippen LogP contribution >= 0.6 is 0 Å². The Morgan fingerprint density at radius 2 is 2.00 bits per heavy atom. The Kier molecular flexibility index (Phi) is 3.17.